The average molecular weight is 436 g/mol. The molecule has 0 spiro atoms. The van der Waals surface area contributed by atoms with Crippen LogP contribution in [0.1, 0.15) is 36.1 Å². The number of ether oxygens (including phenoxy) is 1. The summed E-state index contributed by atoms with van der Waals surface area (Å²) in [5, 5.41) is 3.92. The minimum absolute atomic E-state index is 0.0359. The number of aryl methyl sites for hydroxylation is 1. The van der Waals surface area contributed by atoms with Crippen molar-refractivity contribution in [1.29, 1.82) is 0 Å². The normalized spacial score (nSPS) is 15.1. The molecule has 4 rings (SSSR count). The number of pyridine rings is 1. The van der Waals surface area contributed by atoms with Crippen molar-refractivity contribution in [3.8, 4) is 11.1 Å². The number of halogens is 1. The number of nitrogens with one attached hydrogen (secondary N) is 1. The molecule has 1 aliphatic rings. The van der Waals surface area contributed by atoms with Gasteiger partial charge in [-0.25, -0.2) is 4.98 Å². The summed E-state index contributed by atoms with van der Waals surface area (Å²) in [6.45, 7) is 8.94. The van der Waals surface area contributed by atoms with Gasteiger partial charge in [-0.15, -0.1) is 0 Å². The smallest absolute Gasteiger partial charge is 0.137 e. The summed E-state index contributed by atoms with van der Waals surface area (Å²) in [7, 11) is 0. The Morgan fingerprint density at radius 3 is 2.52 bits per heavy atom. The molecule has 1 unspecified atom stereocenters. The SMILES string of the molecule is CCC(OCc1ccnc(Cl)c1-c1ccccc1C)c1ccc(N2CCNCC2)cc1. The summed E-state index contributed by atoms with van der Waals surface area (Å²) >= 11 is 6.52. The minimum atomic E-state index is 0.0359. The summed E-state index contributed by atoms with van der Waals surface area (Å²) < 4.78 is 6.40. The second-order valence-electron chi connectivity index (χ2n) is 7.99. The first-order chi connectivity index (χ1) is 15.2. The molecule has 0 bridgehead atoms. The fraction of sp³-hybridized carbons (Fsp3) is 0.346. The number of hydrogen-bond acceptors (Lipinski definition) is 4. The monoisotopic (exact) mass is 435 g/mol. The third kappa shape index (κ3) is 5.09. The Balaban J connectivity index is 1.51. The first-order valence-electron chi connectivity index (χ1n) is 11.0. The summed E-state index contributed by atoms with van der Waals surface area (Å²) in [5.41, 5.74) is 6.79. The van der Waals surface area contributed by atoms with Gasteiger partial charge in [-0.3, -0.25) is 0 Å². The second-order valence-corrected chi connectivity index (χ2v) is 8.35. The average Bonchev–Trinajstić information content (AvgIpc) is 2.81. The van der Waals surface area contributed by atoms with E-state index >= 15 is 0 Å². The van der Waals surface area contributed by atoms with E-state index in [0.717, 1.165) is 49.3 Å². The first kappa shape index (κ1) is 21.8. The quantitative estimate of drug-likeness (QED) is 0.477. The minimum Gasteiger partial charge on any atom is -0.369 e. The standard InChI is InChI=1S/C26H30ClN3O/c1-3-24(20-8-10-22(11-9-20)30-16-14-28-15-17-30)31-18-21-12-13-29-26(27)25(21)23-7-5-4-6-19(23)2/h4-13,24,28H,3,14-18H2,1-2H3. The lowest BCUT2D eigenvalue weighted by atomic mass is 9.98. The van der Waals surface area contributed by atoms with Crippen LogP contribution in [0.5, 0.6) is 0 Å². The molecule has 1 saturated heterocycles. The van der Waals surface area contributed by atoms with Gasteiger partial charge >= 0.3 is 0 Å². The van der Waals surface area contributed by atoms with Crippen molar-refractivity contribution in [3.05, 3.63) is 82.6 Å². The van der Waals surface area contributed by atoms with Gasteiger partial charge in [0.15, 0.2) is 0 Å². The van der Waals surface area contributed by atoms with Crippen LogP contribution in [0.15, 0.2) is 60.8 Å². The van der Waals surface area contributed by atoms with Crippen molar-refractivity contribution in [2.24, 2.45) is 0 Å². The van der Waals surface area contributed by atoms with Crippen LogP contribution in [-0.4, -0.2) is 31.2 Å². The fourth-order valence-corrected chi connectivity index (χ4v) is 4.47. The first-order valence-corrected chi connectivity index (χ1v) is 11.4. The number of nitrogens with zero attached hydrogens (tertiary/aromatic N) is 2. The van der Waals surface area contributed by atoms with Crippen molar-refractivity contribution < 1.29 is 4.74 Å². The molecule has 2 heterocycles. The molecule has 5 heteroatoms. The van der Waals surface area contributed by atoms with Gasteiger partial charge in [0.2, 0.25) is 0 Å². The lowest BCUT2D eigenvalue weighted by Gasteiger charge is -2.29. The maximum atomic E-state index is 6.52. The summed E-state index contributed by atoms with van der Waals surface area (Å²) in [5.74, 6) is 0. The number of anilines is 1. The molecule has 4 nitrogen and oxygen atoms in total. The maximum Gasteiger partial charge on any atom is 0.137 e. The Kier molecular flexibility index (Phi) is 7.23. The van der Waals surface area contributed by atoms with Crippen molar-refractivity contribution >= 4 is 17.3 Å². The molecule has 1 aliphatic heterocycles. The Bertz CT molecular complexity index is 1000. The number of benzene rings is 2. The van der Waals surface area contributed by atoms with Gasteiger partial charge in [-0.1, -0.05) is 54.9 Å². The predicted octanol–water partition coefficient (Wildman–Crippen LogP) is 5.79. The highest BCUT2D eigenvalue weighted by Crippen LogP contribution is 2.34. The van der Waals surface area contributed by atoms with E-state index in [1.807, 2.05) is 18.2 Å². The van der Waals surface area contributed by atoms with Crippen LogP contribution in [0.4, 0.5) is 5.69 Å². The van der Waals surface area contributed by atoms with E-state index in [4.69, 9.17) is 16.3 Å². The van der Waals surface area contributed by atoms with Gasteiger partial charge in [-0.2, -0.15) is 0 Å². The van der Waals surface area contributed by atoms with Gasteiger partial charge in [-0.05, 0) is 53.8 Å². The van der Waals surface area contributed by atoms with Crippen LogP contribution in [0.2, 0.25) is 5.15 Å². The molecule has 0 saturated carbocycles. The van der Waals surface area contributed by atoms with E-state index in [-0.39, 0.29) is 6.10 Å². The molecule has 1 aromatic heterocycles. The summed E-state index contributed by atoms with van der Waals surface area (Å²) in [6, 6.07) is 19.1. The van der Waals surface area contributed by atoms with E-state index in [1.165, 1.54) is 16.8 Å². The molecule has 162 valence electrons. The van der Waals surface area contributed by atoms with E-state index in [1.54, 1.807) is 6.20 Å². The highest BCUT2D eigenvalue weighted by atomic mass is 35.5. The predicted molar refractivity (Wildman–Crippen MR) is 129 cm³/mol. The lowest BCUT2D eigenvalue weighted by molar-refractivity contribution is 0.0374. The van der Waals surface area contributed by atoms with E-state index in [0.29, 0.717) is 11.8 Å². The molecule has 31 heavy (non-hydrogen) atoms. The van der Waals surface area contributed by atoms with Crippen LogP contribution >= 0.6 is 11.6 Å². The lowest BCUT2D eigenvalue weighted by Crippen LogP contribution is -2.43. The Morgan fingerprint density at radius 1 is 1.06 bits per heavy atom. The maximum absolute atomic E-state index is 6.52. The molecule has 1 atom stereocenters. The van der Waals surface area contributed by atoms with Crippen LogP contribution in [0.25, 0.3) is 11.1 Å². The number of rotatable bonds is 7. The Morgan fingerprint density at radius 2 is 1.81 bits per heavy atom. The van der Waals surface area contributed by atoms with E-state index in [9.17, 15) is 0 Å². The second kappa shape index (κ2) is 10.3. The van der Waals surface area contributed by atoms with Gasteiger partial charge in [0.05, 0.1) is 12.7 Å². The molecule has 2 aromatic carbocycles. The largest absolute Gasteiger partial charge is 0.369 e. The zero-order chi connectivity index (χ0) is 21.6. The van der Waals surface area contributed by atoms with Gasteiger partial charge in [0.1, 0.15) is 5.15 Å². The number of hydrogen-bond donors (Lipinski definition) is 1. The van der Waals surface area contributed by atoms with Crippen LogP contribution < -0.4 is 10.2 Å². The zero-order valence-electron chi connectivity index (χ0n) is 18.3. The fourth-order valence-electron chi connectivity index (χ4n) is 4.19. The van der Waals surface area contributed by atoms with Crippen molar-refractivity contribution in [2.45, 2.75) is 33.0 Å². The van der Waals surface area contributed by atoms with Gasteiger partial charge in [0.25, 0.3) is 0 Å². The highest BCUT2D eigenvalue weighted by Gasteiger charge is 2.17. The molecule has 0 radical (unpaired) electrons. The topological polar surface area (TPSA) is 37.4 Å². The zero-order valence-corrected chi connectivity index (χ0v) is 19.0. The molecular formula is C26H30ClN3O. The van der Waals surface area contributed by atoms with Crippen molar-refractivity contribution in [3.63, 3.8) is 0 Å². The van der Waals surface area contributed by atoms with Crippen LogP contribution in [-0.2, 0) is 11.3 Å². The third-order valence-corrected chi connectivity index (χ3v) is 6.25. The van der Waals surface area contributed by atoms with Crippen molar-refractivity contribution in [2.75, 3.05) is 31.1 Å². The van der Waals surface area contributed by atoms with Crippen LogP contribution in [0.3, 0.4) is 0 Å². The van der Waals surface area contributed by atoms with Gasteiger partial charge < -0.3 is 15.0 Å². The number of aromatic nitrogens is 1. The molecule has 3 aromatic rings. The molecular weight excluding hydrogens is 406 g/mol. The molecule has 1 N–H and O–H groups in total. The molecule has 1 fully saturated rings. The van der Waals surface area contributed by atoms with Gasteiger partial charge in [0, 0.05) is 43.6 Å². The van der Waals surface area contributed by atoms with Crippen molar-refractivity contribution in [1.82, 2.24) is 10.3 Å². The third-order valence-electron chi connectivity index (χ3n) is 5.96. The van der Waals surface area contributed by atoms with E-state index in [2.05, 4.69) is 65.4 Å². The highest BCUT2D eigenvalue weighted by molar-refractivity contribution is 6.32. The summed E-state index contributed by atoms with van der Waals surface area (Å²) in [6.07, 6.45) is 2.70. The van der Waals surface area contributed by atoms with Crippen LogP contribution in [0, 0.1) is 6.92 Å². The molecule has 0 amide bonds. The summed E-state index contributed by atoms with van der Waals surface area (Å²) in [4.78, 5) is 6.74. The van der Waals surface area contributed by atoms with E-state index < -0.39 is 0 Å². The Labute approximate surface area is 190 Å². The number of piperazine rings is 1. The Hall–Kier alpha value is -2.40. The molecule has 0 aliphatic carbocycles.